The van der Waals surface area contributed by atoms with Crippen molar-refractivity contribution in [1.29, 1.82) is 0 Å². The van der Waals surface area contributed by atoms with Gasteiger partial charge in [-0.1, -0.05) is 0 Å². The van der Waals surface area contributed by atoms with Crippen molar-refractivity contribution < 1.29 is 24.9 Å². The second-order valence-corrected chi connectivity index (χ2v) is 3.53. The molecule has 1 amide bonds. The van der Waals surface area contributed by atoms with Crippen molar-refractivity contribution >= 4 is 11.9 Å². The fourth-order valence-electron chi connectivity index (χ4n) is 1.70. The zero-order valence-corrected chi connectivity index (χ0v) is 8.10. The van der Waals surface area contributed by atoms with E-state index in [0.29, 0.717) is 0 Å². The fraction of sp³-hybridized carbons (Fsp3) is 0.200. The zero-order chi connectivity index (χ0) is 11.9. The molecule has 16 heavy (non-hydrogen) atoms. The Morgan fingerprint density at radius 1 is 1.31 bits per heavy atom. The van der Waals surface area contributed by atoms with E-state index in [9.17, 15) is 19.8 Å². The Morgan fingerprint density at radius 3 is 2.56 bits per heavy atom. The highest BCUT2D eigenvalue weighted by Crippen LogP contribution is 2.34. The van der Waals surface area contributed by atoms with Crippen molar-refractivity contribution in [2.24, 2.45) is 0 Å². The number of aromatic hydroxyl groups is 2. The molecule has 84 valence electrons. The maximum Gasteiger partial charge on any atom is 0.312 e. The van der Waals surface area contributed by atoms with Crippen LogP contribution in [0.2, 0.25) is 0 Å². The number of nitrogens with one attached hydrogen (secondary N) is 1. The number of carbonyl (C=O) groups is 2. The number of phenols is 2. The monoisotopic (exact) mass is 223 g/mol. The van der Waals surface area contributed by atoms with Gasteiger partial charge in [0.15, 0.2) is 11.5 Å². The van der Waals surface area contributed by atoms with Crippen LogP contribution in [0.4, 0.5) is 0 Å². The van der Waals surface area contributed by atoms with Crippen LogP contribution in [0.3, 0.4) is 0 Å². The molecule has 0 radical (unpaired) electrons. The van der Waals surface area contributed by atoms with E-state index >= 15 is 0 Å². The molecule has 4 N–H and O–H groups in total. The summed E-state index contributed by atoms with van der Waals surface area (Å²) in [6.45, 7) is -0.0224. The molecule has 0 saturated heterocycles. The van der Waals surface area contributed by atoms with Crippen LogP contribution in [0, 0.1) is 0 Å². The van der Waals surface area contributed by atoms with E-state index in [1.54, 1.807) is 0 Å². The lowest BCUT2D eigenvalue weighted by Gasteiger charge is -2.22. The Kier molecular flexibility index (Phi) is 2.19. The summed E-state index contributed by atoms with van der Waals surface area (Å²) in [7, 11) is 0. The van der Waals surface area contributed by atoms with Gasteiger partial charge in [-0.15, -0.1) is 0 Å². The molecule has 0 bridgehead atoms. The van der Waals surface area contributed by atoms with Crippen LogP contribution in [-0.2, 0) is 4.79 Å². The summed E-state index contributed by atoms with van der Waals surface area (Å²) >= 11 is 0. The smallest absolute Gasteiger partial charge is 0.312 e. The van der Waals surface area contributed by atoms with Gasteiger partial charge in [0.1, 0.15) is 0 Å². The molecule has 0 aromatic heterocycles. The van der Waals surface area contributed by atoms with Gasteiger partial charge in [-0.2, -0.15) is 0 Å². The zero-order valence-electron chi connectivity index (χ0n) is 8.10. The summed E-state index contributed by atoms with van der Waals surface area (Å²) in [5, 5.41) is 29.9. The number of carboxylic acids is 1. The molecule has 1 aromatic carbocycles. The molecule has 1 unspecified atom stereocenters. The van der Waals surface area contributed by atoms with Crippen LogP contribution in [0.25, 0.3) is 0 Å². The van der Waals surface area contributed by atoms with Crippen molar-refractivity contribution in [3.8, 4) is 11.5 Å². The van der Waals surface area contributed by atoms with Gasteiger partial charge in [0, 0.05) is 12.1 Å². The number of phenolic OH excluding ortho intramolecular Hbond substituents is 2. The third kappa shape index (κ3) is 1.44. The molecule has 0 fully saturated rings. The lowest BCUT2D eigenvalue weighted by atomic mass is 9.90. The average Bonchev–Trinajstić information content (AvgIpc) is 2.21. The molecule has 6 heteroatoms. The minimum atomic E-state index is -1.09. The molecule has 1 aliphatic heterocycles. The largest absolute Gasteiger partial charge is 0.504 e. The van der Waals surface area contributed by atoms with Crippen LogP contribution in [0.5, 0.6) is 11.5 Å². The summed E-state index contributed by atoms with van der Waals surface area (Å²) in [6.07, 6.45) is 0. The number of benzene rings is 1. The fourth-order valence-corrected chi connectivity index (χ4v) is 1.70. The highest BCUT2D eigenvalue weighted by Gasteiger charge is 2.31. The van der Waals surface area contributed by atoms with Gasteiger partial charge in [-0.25, -0.2) is 0 Å². The number of aliphatic carboxylic acids is 1. The van der Waals surface area contributed by atoms with Crippen LogP contribution in [0.15, 0.2) is 12.1 Å². The Morgan fingerprint density at radius 2 is 1.94 bits per heavy atom. The topological polar surface area (TPSA) is 107 Å². The lowest BCUT2D eigenvalue weighted by molar-refractivity contribution is -0.138. The molecule has 0 saturated carbocycles. The van der Waals surface area contributed by atoms with Crippen LogP contribution in [-0.4, -0.2) is 33.7 Å². The summed E-state index contributed by atoms with van der Waals surface area (Å²) in [5.74, 6) is -3.33. The molecule has 6 nitrogen and oxygen atoms in total. The van der Waals surface area contributed by atoms with Gasteiger partial charge in [0.2, 0.25) is 0 Å². The van der Waals surface area contributed by atoms with Crippen LogP contribution in [0.1, 0.15) is 21.8 Å². The minimum Gasteiger partial charge on any atom is -0.504 e. The highest BCUT2D eigenvalue weighted by molar-refractivity contribution is 6.00. The number of hydrogen-bond donors (Lipinski definition) is 4. The number of amides is 1. The summed E-state index contributed by atoms with van der Waals surface area (Å²) in [6, 6.07) is 2.18. The van der Waals surface area contributed by atoms with Crippen LogP contribution < -0.4 is 5.32 Å². The second-order valence-electron chi connectivity index (χ2n) is 3.53. The second kappa shape index (κ2) is 3.41. The molecule has 1 heterocycles. The van der Waals surface area contributed by atoms with Gasteiger partial charge >= 0.3 is 5.97 Å². The molecular weight excluding hydrogens is 214 g/mol. The summed E-state index contributed by atoms with van der Waals surface area (Å²) < 4.78 is 0. The molecule has 1 aromatic rings. The van der Waals surface area contributed by atoms with Crippen LogP contribution >= 0.6 is 0 Å². The lowest BCUT2D eigenvalue weighted by Crippen LogP contribution is -2.38. The van der Waals surface area contributed by atoms with Gasteiger partial charge in [-0.05, 0) is 17.7 Å². The highest BCUT2D eigenvalue weighted by atomic mass is 16.4. The van der Waals surface area contributed by atoms with Crippen molar-refractivity contribution in [2.45, 2.75) is 5.92 Å². The molecule has 1 atom stereocenters. The Balaban J connectivity index is 2.61. The van der Waals surface area contributed by atoms with E-state index in [-0.39, 0.29) is 17.7 Å². The standard InChI is InChI=1S/C10H9NO5/c12-7-1-4-5(2-8(7)13)9(14)11-3-6(4)10(15)16/h1-2,6,12-13H,3H2,(H,11,14)(H,15,16). The molecule has 0 spiro atoms. The first kappa shape index (κ1) is 10.3. The van der Waals surface area contributed by atoms with E-state index in [0.717, 1.165) is 12.1 Å². The molecule has 0 aliphatic carbocycles. The van der Waals surface area contributed by atoms with E-state index in [1.165, 1.54) is 0 Å². The van der Waals surface area contributed by atoms with Crippen molar-refractivity contribution in [3.63, 3.8) is 0 Å². The number of fused-ring (bicyclic) bond motifs is 1. The maximum atomic E-state index is 11.4. The average molecular weight is 223 g/mol. The predicted octanol–water partition coefficient (Wildman–Crippen LogP) is 0.00940. The first-order valence-corrected chi connectivity index (χ1v) is 4.57. The van der Waals surface area contributed by atoms with E-state index in [1.807, 2.05) is 0 Å². The number of carbonyl (C=O) groups excluding carboxylic acids is 1. The molecule has 1 aliphatic rings. The van der Waals surface area contributed by atoms with E-state index in [2.05, 4.69) is 5.32 Å². The Bertz CT molecular complexity index is 482. The van der Waals surface area contributed by atoms with Gasteiger partial charge in [0.25, 0.3) is 5.91 Å². The number of rotatable bonds is 1. The van der Waals surface area contributed by atoms with Gasteiger partial charge < -0.3 is 20.6 Å². The van der Waals surface area contributed by atoms with Gasteiger partial charge in [-0.3, -0.25) is 9.59 Å². The van der Waals surface area contributed by atoms with Gasteiger partial charge in [0.05, 0.1) is 5.92 Å². The van der Waals surface area contributed by atoms with Crippen molar-refractivity contribution in [1.82, 2.24) is 5.32 Å². The number of hydrogen-bond acceptors (Lipinski definition) is 4. The normalized spacial score (nSPS) is 18.8. The predicted molar refractivity (Wildman–Crippen MR) is 52.5 cm³/mol. The Labute approximate surface area is 90.1 Å². The van der Waals surface area contributed by atoms with E-state index < -0.39 is 29.3 Å². The summed E-state index contributed by atoms with van der Waals surface area (Å²) in [5.41, 5.74) is 0.292. The molecular formula is C10H9NO5. The van der Waals surface area contributed by atoms with Crippen molar-refractivity contribution in [3.05, 3.63) is 23.3 Å². The maximum absolute atomic E-state index is 11.4. The first-order valence-electron chi connectivity index (χ1n) is 4.57. The SMILES string of the molecule is O=C1NCC(C(=O)O)c2cc(O)c(O)cc21. The Hall–Kier alpha value is -2.24. The third-order valence-corrected chi connectivity index (χ3v) is 2.53. The third-order valence-electron chi connectivity index (χ3n) is 2.53. The quantitative estimate of drug-likeness (QED) is 0.502. The first-order chi connectivity index (χ1) is 7.50. The molecule has 2 rings (SSSR count). The summed E-state index contributed by atoms with van der Waals surface area (Å²) in [4.78, 5) is 22.3. The van der Waals surface area contributed by atoms with Crippen molar-refractivity contribution in [2.75, 3.05) is 6.54 Å². The van der Waals surface area contributed by atoms with E-state index in [4.69, 9.17) is 5.11 Å². The minimum absolute atomic E-state index is 0.0224. The number of carboxylic acid groups (broad SMARTS) is 1.